The molecule has 0 aromatic carbocycles. The van der Waals surface area contributed by atoms with Crippen molar-refractivity contribution < 1.29 is 9.53 Å². The number of nitrogens with zero attached hydrogens (tertiary/aromatic N) is 1. The number of rotatable bonds is 5. The fourth-order valence-electron chi connectivity index (χ4n) is 1.21. The van der Waals surface area contributed by atoms with Crippen LogP contribution in [0.1, 0.15) is 16.9 Å². The van der Waals surface area contributed by atoms with Crippen LogP contribution in [0.5, 0.6) is 0 Å². The minimum atomic E-state index is -0.0337. The maximum Gasteiger partial charge on any atom is 0.267 e. The van der Waals surface area contributed by atoms with E-state index in [0.717, 1.165) is 6.42 Å². The summed E-state index contributed by atoms with van der Waals surface area (Å²) in [6.07, 6.45) is 2.69. The third-order valence-electron chi connectivity index (χ3n) is 1.99. The molecular weight excluding hydrogens is 180 g/mol. The minimum absolute atomic E-state index is 0.0337. The Morgan fingerprint density at radius 2 is 2.43 bits per heavy atom. The standard InChI is InChI=1S/C10H16N2O2/c1-12-7-3-5-9(12)10(13)11-6-4-8-14-2/h3,5,7H,4,6,8H2,1-2H3,(H,11,13). The molecule has 4 nitrogen and oxygen atoms in total. The number of nitrogens with one attached hydrogen (secondary N) is 1. The molecule has 0 aliphatic rings. The van der Waals surface area contributed by atoms with Crippen molar-refractivity contribution >= 4 is 5.91 Å². The fraction of sp³-hybridized carbons (Fsp3) is 0.500. The fourth-order valence-corrected chi connectivity index (χ4v) is 1.21. The Labute approximate surface area is 83.9 Å². The molecule has 1 aromatic rings. The summed E-state index contributed by atoms with van der Waals surface area (Å²) < 4.78 is 6.68. The zero-order chi connectivity index (χ0) is 10.4. The van der Waals surface area contributed by atoms with Crippen LogP contribution in [0, 0.1) is 0 Å². The lowest BCUT2D eigenvalue weighted by Crippen LogP contribution is -2.26. The van der Waals surface area contributed by atoms with Crippen LogP contribution in [0.4, 0.5) is 0 Å². The van der Waals surface area contributed by atoms with Crippen LogP contribution in [-0.4, -0.2) is 30.7 Å². The lowest BCUT2D eigenvalue weighted by molar-refractivity contribution is 0.0940. The van der Waals surface area contributed by atoms with E-state index in [1.807, 2.05) is 19.3 Å². The molecule has 1 N–H and O–H groups in total. The first-order valence-electron chi connectivity index (χ1n) is 4.64. The molecule has 14 heavy (non-hydrogen) atoms. The Kier molecular flexibility index (Phi) is 4.19. The number of ether oxygens (including phenoxy) is 1. The predicted molar refractivity (Wildman–Crippen MR) is 54.2 cm³/mol. The molecule has 1 aromatic heterocycles. The van der Waals surface area contributed by atoms with Gasteiger partial charge in [0.05, 0.1) is 0 Å². The van der Waals surface area contributed by atoms with Crippen molar-refractivity contribution in [1.29, 1.82) is 0 Å². The summed E-state index contributed by atoms with van der Waals surface area (Å²) in [5.74, 6) is -0.0337. The average molecular weight is 196 g/mol. The third kappa shape index (κ3) is 2.88. The molecule has 0 aliphatic carbocycles. The number of methoxy groups -OCH3 is 1. The van der Waals surface area contributed by atoms with Gasteiger partial charge in [-0.3, -0.25) is 4.79 Å². The molecular formula is C10H16N2O2. The van der Waals surface area contributed by atoms with E-state index >= 15 is 0 Å². The Morgan fingerprint density at radius 3 is 3.00 bits per heavy atom. The molecule has 0 radical (unpaired) electrons. The van der Waals surface area contributed by atoms with E-state index in [9.17, 15) is 4.79 Å². The highest BCUT2D eigenvalue weighted by Gasteiger charge is 2.06. The van der Waals surface area contributed by atoms with Gasteiger partial charge in [-0.25, -0.2) is 0 Å². The van der Waals surface area contributed by atoms with E-state index in [0.29, 0.717) is 18.8 Å². The second-order valence-electron chi connectivity index (χ2n) is 3.11. The van der Waals surface area contributed by atoms with Crippen LogP contribution in [0.2, 0.25) is 0 Å². The van der Waals surface area contributed by atoms with Crippen LogP contribution >= 0.6 is 0 Å². The molecule has 4 heteroatoms. The molecule has 78 valence electrons. The highest BCUT2D eigenvalue weighted by atomic mass is 16.5. The first-order valence-corrected chi connectivity index (χ1v) is 4.64. The van der Waals surface area contributed by atoms with Gasteiger partial charge in [-0.15, -0.1) is 0 Å². The van der Waals surface area contributed by atoms with E-state index in [1.54, 1.807) is 17.7 Å². The average Bonchev–Trinajstić information content (AvgIpc) is 2.59. The maximum absolute atomic E-state index is 11.5. The van der Waals surface area contributed by atoms with Crippen LogP contribution < -0.4 is 5.32 Å². The topological polar surface area (TPSA) is 43.3 Å². The van der Waals surface area contributed by atoms with Gasteiger partial charge < -0.3 is 14.6 Å². The van der Waals surface area contributed by atoms with Crippen molar-refractivity contribution in [3.63, 3.8) is 0 Å². The van der Waals surface area contributed by atoms with Crippen molar-refractivity contribution in [2.75, 3.05) is 20.3 Å². The molecule has 0 unspecified atom stereocenters. The van der Waals surface area contributed by atoms with Crippen molar-refractivity contribution in [2.24, 2.45) is 7.05 Å². The summed E-state index contributed by atoms with van der Waals surface area (Å²) in [5, 5.41) is 2.82. The predicted octanol–water partition coefficient (Wildman–Crippen LogP) is 0.791. The van der Waals surface area contributed by atoms with Gasteiger partial charge in [0.1, 0.15) is 5.69 Å². The van der Waals surface area contributed by atoms with Gasteiger partial charge in [0.15, 0.2) is 0 Å². The zero-order valence-corrected chi connectivity index (χ0v) is 8.62. The highest BCUT2D eigenvalue weighted by Crippen LogP contribution is 1.98. The van der Waals surface area contributed by atoms with E-state index < -0.39 is 0 Å². The number of hydrogen-bond acceptors (Lipinski definition) is 2. The number of carbonyl (C=O) groups excluding carboxylic acids is 1. The Morgan fingerprint density at radius 1 is 1.64 bits per heavy atom. The molecule has 0 fully saturated rings. The molecule has 0 spiro atoms. The third-order valence-corrected chi connectivity index (χ3v) is 1.99. The van der Waals surface area contributed by atoms with Crippen LogP contribution in [0.15, 0.2) is 18.3 Å². The summed E-state index contributed by atoms with van der Waals surface area (Å²) in [4.78, 5) is 11.5. The molecule has 0 saturated heterocycles. The lowest BCUT2D eigenvalue weighted by Gasteiger charge is -2.05. The van der Waals surface area contributed by atoms with E-state index in [-0.39, 0.29) is 5.91 Å². The number of amides is 1. The molecule has 1 amide bonds. The van der Waals surface area contributed by atoms with E-state index in [2.05, 4.69) is 5.32 Å². The van der Waals surface area contributed by atoms with Gasteiger partial charge in [0, 0.05) is 33.5 Å². The quantitative estimate of drug-likeness (QED) is 0.708. The molecule has 0 atom stereocenters. The normalized spacial score (nSPS) is 10.1. The van der Waals surface area contributed by atoms with Crippen LogP contribution in [0.3, 0.4) is 0 Å². The molecule has 0 saturated carbocycles. The minimum Gasteiger partial charge on any atom is -0.385 e. The smallest absolute Gasteiger partial charge is 0.267 e. The summed E-state index contributed by atoms with van der Waals surface area (Å²) in [5.41, 5.74) is 0.683. The van der Waals surface area contributed by atoms with Crippen LogP contribution in [0.25, 0.3) is 0 Å². The van der Waals surface area contributed by atoms with E-state index in [4.69, 9.17) is 4.74 Å². The van der Waals surface area contributed by atoms with Gasteiger partial charge >= 0.3 is 0 Å². The highest BCUT2D eigenvalue weighted by molar-refractivity contribution is 5.92. The number of hydrogen-bond donors (Lipinski definition) is 1. The molecule has 1 heterocycles. The molecule has 1 rings (SSSR count). The van der Waals surface area contributed by atoms with Gasteiger partial charge in [0.2, 0.25) is 0 Å². The maximum atomic E-state index is 11.5. The van der Waals surface area contributed by atoms with Gasteiger partial charge in [-0.1, -0.05) is 0 Å². The Hall–Kier alpha value is -1.29. The van der Waals surface area contributed by atoms with Crippen molar-refractivity contribution in [2.45, 2.75) is 6.42 Å². The second-order valence-corrected chi connectivity index (χ2v) is 3.11. The van der Waals surface area contributed by atoms with E-state index in [1.165, 1.54) is 0 Å². The van der Waals surface area contributed by atoms with Crippen LogP contribution in [-0.2, 0) is 11.8 Å². The molecule has 0 aliphatic heterocycles. The molecule has 0 bridgehead atoms. The number of aryl methyl sites for hydroxylation is 1. The largest absolute Gasteiger partial charge is 0.385 e. The summed E-state index contributed by atoms with van der Waals surface area (Å²) in [6, 6.07) is 3.65. The SMILES string of the molecule is COCCCNC(=O)c1cccn1C. The Balaban J connectivity index is 2.32. The summed E-state index contributed by atoms with van der Waals surface area (Å²) >= 11 is 0. The second kappa shape index (κ2) is 5.44. The summed E-state index contributed by atoms with van der Waals surface area (Å²) in [7, 11) is 3.50. The number of carbonyl (C=O) groups is 1. The van der Waals surface area contributed by atoms with Crippen molar-refractivity contribution in [1.82, 2.24) is 9.88 Å². The lowest BCUT2D eigenvalue weighted by atomic mass is 10.4. The Bertz CT molecular complexity index is 294. The van der Waals surface area contributed by atoms with Gasteiger partial charge in [-0.2, -0.15) is 0 Å². The summed E-state index contributed by atoms with van der Waals surface area (Å²) in [6.45, 7) is 1.32. The van der Waals surface area contributed by atoms with Crippen molar-refractivity contribution in [3.8, 4) is 0 Å². The first-order chi connectivity index (χ1) is 6.75. The van der Waals surface area contributed by atoms with Crippen molar-refractivity contribution in [3.05, 3.63) is 24.0 Å². The van der Waals surface area contributed by atoms with Gasteiger partial charge in [0.25, 0.3) is 5.91 Å². The number of aromatic nitrogens is 1. The first kappa shape index (κ1) is 10.8. The zero-order valence-electron chi connectivity index (χ0n) is 8.62. The monoisotopic (exact) mass is 196 g/mol. The van der Waals surface area contributed by atoms with Gasteiger partial charge in [-0.05, 0) is 18.6 Å².